The molecule has 25 heavy (non-hydrogen) atoms. The maximum absolute atomic E-state index is 12.1. The van der Waals surface area contributed by atoms with Crippen LogP contribution < -0.4 is 14.8 Å². The minimum Gasteiger partial charge on any atom is -0.493 e. The molecule has 0 radical (unpaired) electrons. The van der Waals surface area contributed by atoms with Gasteiger partial charge < -0.3 is 14.8 Å². The zero-order chi connectivity index (χ0) is 18.4. The quantitative estimate of drug-likeness (QED) is 0.632. The SMILES string of the molecule is CCOc1ccc(/C=C/C(=O)Nc2c(Cl)cc(Cl)cc2Cl)cc1OC. The van der Waals surface area contributed by atoms with Crippen LogP contribution >= 0.6 is 34.8 Å². The fourth-order valence-electron chi connectivity index (χ4n) is 2.06. The monoisotopic (exact) mass is 399 g/mol. The second-order valence-corrected chi connectivity index (χ2v) is 6.16. The molecule has 1 amide bonds. The molecular formula is C18H16Cl3NO3. The largest absolute Gasteiger partial charge is 0.493 e. The number of amides is 1. The smallest absolute Gasteiger partial charge is 0.248 e. The van der Waals surface area contributed by atoms with Crippen molar-refractivity contribution in [2.75, 3.05) is 19.0 Å². The van der Waals surface area contributed by atoms with E-state index in [0.29, 0.717) is 28.8 Å². The predicted molar refractivity (Wildman–Crippen MR) is 103 cm³/mol. The minimum absolute atomic E-state index is 0.266. The Labute approximate surface area is 161 Å². The van der Waals surface area contributed by atoms with Crippen molar-refractivity contribution in [2.45, 2.75) is 6.92 Å². The van der Waals surface area contributed by atoms with Gasteiger partial charge in [-0.3, -0.25) is 4.79 Å². The molecule has 4 nitrogen and oxygen atoms in total. The van der Waals surface area contributed by atoms with E-state index in [1.165, 1.54) is 18.2 Å². The van der Waals surface area contributed by atoms with Crippen LogP contribution in [-0.4, -0.2) is 19.6 Å². The lowest BCUT2D eigenvalue weighted by atomic mass is 10.2. The van der Waals surface area contributed by atoms with Gasteiger partial charge in [0.05, 0.1) is 29.4 Å². The highest BCUT2D eigenvalue weighted by molar-refractivity contribution is 6.42. The molecule has 0 bridgehead atoms. The van der Waals surface area contributed by atoms with E-state index in [-0.39, 0.29) is 16.0 Å². The summed E-state index contributed by atoms with van der Waals surface area (Å²) in [6, 6.07) is 8.39. The topological polar surface area (TPSA) is 47.6 Å². The second-order valence-electron chi connectivity index (χ2n) is 4.91. The van der Waals surface area contributed by atoms with Gasteiger partial charge >= 0.3 is 0 Å². The van der Waals surface area contributed by atoms with Crippen molar-refractivity contribution >= 4 is 52.5 Å². The number of carbonyl (C=O) groups is 1. The summed E-state index contributed by atoms with van der Waals surface area (Å²) in [6.45, 7) is 2.43. The molecule has 0 heterocycles. The van der Waals surface area contributed by atoms with E-state index < -0.39 is 0 Å². The number of hydrogen-bond acceptors (Lipinski definition) is 3. The lowest BCUT2D eigenvalue weighted by Crippen LogP contribution is -2.08. The summed E-state index contributed by atoms with van der Waals surface area (Å²) in [4.78, 5) is 12.1. The summed E-state index contributed by atoms with van der Waals surface area (Å²) in [5, 5.41) is 3.56. The molecule has 2 rings (SSSR count). The van der Waals surface area contributed by atoms with E-state index in [4.69, 9.17) is 44.3 Å². The summed E-state index contributed by atoms with van der Waals surface area (Å²) in [6.07, 6.45) is 3.02. The number of ether oxygens (including phenoxy) is 2. The predicted octanol–water partition coefficient (Wildman–Crippen LogP) is 5.71. The van der Waals surface area contributed by atoms with Crippen LogP contribution in [0.4, 0.5) is 5.69 Å². The van der Waals surface area contributed by atoms with Crippen LogP contribution in [0.5, 0.6) is 11.5 Å². The third-order valence-corrected chi connectivity index (χ3v) is 3.98. The summed E-state index contributed by atoms with van der Waals surface area (Å²) in [7, 11) is 1.56. The standard InChI is InChI=1S/C18H16Cl3NO3/c1-3-25-15-6-4-11(8-16(15)24-2)5-7-17(23)22-18-13(20)9-12(19)10-14(18)21/h4-10H,3H2,1-2H3,(H,22,23)/b7-5+. The molecule has 2 aromatic carbocycles. The summed E-state index contributed by atoms with van der Waals surface area (Å²) in [5.74, 6) is 0.860. The molecule has 0 aliphatic rings. The van der Waals surface area contributed by atoms with Crippen LogP contribution in [-0.2, 0) is 4.79 Å². The average molecular weight is 401 g/mol. The number of methoxy groups -OCH3 is 1. The zero-order valence-corrected chi connectivity index (χ0v) is 15.9. The van der Waals surface area contributed by atoms with E-state index in [9.17, 15) is 4.79 Å². The number of carbonyl (C=O) groups excluding carboxylic acids is 1. The van der Waals surface area contributed by atoms with E-state index in [2.05, 4.69) is 5.32 Å². The first-order valence-electron chi connectivity index (χ1n) is 7.39. The van der Waals surface area contributed by atoms with Gasteiger partial charge in [0.1, 0.15) is 0 Å². The summed E-state index contributed by atoms with van der Waals surface area (Å²) >= 11 is 17.9. The van der Waals surface area contributed by atoms with Gasteiger partial charge in [-0.05, 0) is 42.8 Å². The van der Waals surface area contributed by atoms with Gasteiger partial charge in [0, 0.05) is 11.1 Å². The van der Waals surface area contributed by atoms with Gasteiger partial charge in [-0.15, -0.1) is 0 Å². The van der Waals surface area contributed by atoms with Crippen molar-refractivity contribution in [3.05, 3.63) is 57.0 Å². The molecule has 2 aromatic rings. The Morgan fingerprint density at radius 3 is 2.40 bits per heavy atom. The molecule has 0 fully saturated rings. The van der Waals surface area contributed by atoms with Gasteiger partial charge in [-0.25, -0.2) is 0 Å². The number of hydrogen-bond donors (Lipinski definition) is 1. The van der Waals surface area contributed by atoms with Crippen molar-refractivity contribution < 1.29 is 14.3 Å². The molecule has 0 aliphatic heterocycles. The van der Waals surface area contributed by atoms with Crippen molar-refractivity contribution in [1.29, 1.82) is 0 Å². The highest BCUT2D eigenvalue weighted by Crippen LogP contribution is 2.33. The summed E-state index contributed by atoms with van der Waals surface area (Å²) < 4.78 is 10.7. The first kappa shape index (κ1) is 19.4. The van der Waals surface area contributed by atoms with E-state index in [0.717, 1.165) is 5.56 Å². The lowest BCUT2D eigenvalue weighted by Gasteiger charge is -2.10. The van der Waals surface area contributed by atoms with Gasteiger partial charge in [-0.1, -0.05) is 40.9 Å². The fourth-order valence-corrected chi connectivity index (χ4v) is 2.97. The Hall–Kier alpha value is -1.88. The lowest BCUT2D eigenvalue weighted by molar-refractivity contribution is -0.111. The van der Waals surface area contributed by atoms with Gasteiger partial charge in [0.25, 0.3) is 0 Å². The minimum atomic E-state index is -0.376. The van der Waals surface area contributed by atoms with Crippen LogP contribution in [0, 0.1) is 0 Å². The van der Waals surface area contributed by atoms with Crippen LogP contribution in [0.25, 0.3) is 6.08 Å². The van der Waals surface area contributed by atoms with Crippen molar-refractivity contribution in [1.82, 2.24) is 0 Å². The van der Waals surface area contributed by atoms with E-state index in [1.807, 2.05) is 13.0 Å². The molecule has 1 N–H and O–H groups in total. The van der Waals surface area contributed by atoms with Gasteiger partial charge in [0.15, 0.2) is 11.5 Å². The Kier molecular flexibility index (Phi) is 7.00. The molecule has 0 atom stereocenters. The molecular weight excluding hydrogens is 385 g/mol. The molecule has 132 valence electrons. The van der Waals surface area contributed by atoms with E-state index in [1.54, 1.807) is 25.3 Å². The highest BCUT2D eigenvalue weighted by Gasteiger charge is 2.10. The highest BCUT2D eigenvalue weighted by atomic mass is 35.5. The molecule has 0 spiro atoms. The first-order valence-corrected chi connectivity index (χ1v) is 8.52. The zero-order valence-electron chi connectivity index (χ0n) is 13.6. The van der Waals surface area contributed by atoms with Gasteiger partial charge in [0.2, 0.25) is 5.91 Å². The Balaban J connectivity index is 2.13. The van der Waals surface area contributed by atoms with Crippen LogP contribution in [0.1, 0.15) is 12.5 Å². The molecule has 0 saturated carbocycles. The maximum atomic E-state index is 12.1. The third kappa shape index (κ3) is 5.30. The van der Waals surface area contributed by atoms with Crippen LogP contribution in [0.2, 0.25) is 15.1 Å². The van der Waals surface area contributed by atoms with Crippen LogP contribution in [0.15, 0.2) is 36.4 Å². The van der Waals surface area contributed by atoms with Crippen molar-refractivity contribution in [3.8, 4) is 11.5 Å². The number of rotatable bonds is 6. The van der Waals surface area contributed by atoms with Crippen molar-refractivity contribution in [2.24, 2.45) is 0 Å². The molecule has 0 unspecified atom stereocenters. The normalized spacial score (nSPS) is 10.8. The first-order chi connectivity index (χ1) is 11.9. The number of benzene rings is 2. The molecule has 7 heteroatoms. The maximum Gasteiger partial charge on any atom is 0.248 e. The second kappa shape index (κ2) is 8.99. The third-order valence-electron chi connectivity index (χ3n) is 3.17. The number of halogens is 3. The molecule has 0 aliphatic carbocycles. The fraction of sp³-hybridized carbons (Fsp3) is 0.167. The summed E-state index contributed by atoms with van der Waals surface area (Å²) in [5.41, 5.74) is 1.09. The Morgan fingerprint density at radius 2 is 1.80 bits per heavy atom. The Morgan fingerprint density at radius 1 is 1.12 bits per heavy atom. The number of nitrogens with one attached hydrogen (secondary N) is 1. The number of anilines is 1. The molecule has 0 aromatic heterocycles. The van der Waals surface area contributed by atoms with E-state index >= 15 is 0 Å². The van der Waals surface area contributed by atoms with Gasteiger partial charge in [-0.2, -0.15) is 0 Å². The Bertz CT molecular complexity index is 783. The average Bonchev–Trinajstić information content (AvgIpc) is 2.57. The van der Waals surface area contributed by atoms with Crippen LogP contribution in [0.3, 0.4) is 0 Å². The molecule has 0 saturated heterocycles. The van der Waals surface area contributed by atoms with Crippen molar-refractivity contribution in [3.63, 3.8) is 0 Å².